The topological polar surface area (TPSA) is 68.0 Å². The first-order valence-electron chi connectivity index (χ1n) is 6.59. The lowest BCUT2D eigenvalue weighted by molar-refractivity contribution is 0.102. The monoisotopic (exact) mass is 341 g/mol. The van der Waals surface area contributed by atoms with Crippen LogP contribution in [-0.4, -0.2) is 10.9 Å². The van der Waals surface area contributed by atoms with Gasteiger partial charge in [0, 0.05) is 10.4 Å². The molecule has 0 saturated carbocycles. The van der Waals surface area contributed by atoms with E-state index in [1.54, 1.807) is 0 Å². The van der Waals surface area contributed by atoms with E-state index in [1.807, 2.05) is 0 Å². The van der Waals surface area contributed by atoms with Gasteiger partial charge in [-0.05, 0) is 37.8 Å². The molecule has 110 valence electrons. The van der Waals surface area contributed by atoms with Gasteiger partial charge in [-0.25, -0.2) is 4.98 Å². The number of rotatable bonds is 2. The number of nitrogen functional groups attached to an aromatic ring is 1. The Hall–Kier alpha value is -1.30. The van der Waals surface area contributed by atoms with Gasteiger partial charge in [-0.15, -0.1) is 11.3 Å². The number of anilines is 2. The zero-order valence-electron chi connectivity index (χ0n) is 11.1. The van der Waals surface area contributed by atoms with E-state index in [4.69, 9.17) is 28.9 Å². The number of fused-ring (bicyclic) bond motifs is 1. The number of thiazole rings is 1. The van der Waals surface area contributed by atoms with Gasteiger partial charge in [-0.1, -0.05) is 23.2 Å². The number of nitrogens with zero attached hydrogens (tertiary/aromatic N) is 1. The standard InChI is InChI=1S/C14H13Cl2N3OS/c15-8-5-7(6-9(16)12(8)17)13(20)19-14-18-10-3-1-2-4-11(10)21-14/h5-6H,1-4,17H2,(H,18,19,20). The Labute approximate surface area is 136 Å². The Morgan fingerprint density at radius 1 is 1.24 bits per heavy atom. The fraction of sp³-hybridized carbons (Fsp3) is 0.286. The quantitative estimate of drug-likeness (QED) is 0.805. The van der Waals surface area contributed by atoms with Gasteiger partial charge >= 0.3 is 0 Å². The molecule has 2 aromatic rings. The van der Waals surface area contributed by atoms with Crippen molar-refractivity contribution in [1.82, 2.24) is 4.98 Å². The number of carbonyl (C=O) groups excluding carboxylic acids is 1. The Morgan fingerprint density at radius 3 is 2.57 bits per heavy atom. The number of amides is 1. The van der Waals surface area contributed by atoms with Crippen LogP contribution < -0.4 is 11.1 Å². The average Bonchev–Trinajstić information content (AvgIpc) is 2.86. The number of carbonyl (C=O) groups is 1. The molecule has 0 radical (unpaired) electrons. The molecule has 21 heavy (non-hydrogen) atoms. The second-order valence-electron chi connectivity index (χ2n) is 4.90. The summed E-state index contributed by atoms with van der Waals surface area (Å²) in [6.45, 7) is 0. The van der Waals surface area contributed by atoms with E-state index in [0.717, 1.165) is 25.0 Å². The minimum atomic E-state index is -0.287. The van der Waals surface area contributed by atoms with Gasteiger partial charge < -0.3 is 5.73 Å². The van der Waals surface area contributed by atoms with Crippen molar-refractivity contribution >= 4 is 51.3 Å². The molecule has 0 bridgehead atoms. The average molecular weight is 342 g/mol. The van der Waals surface area contributed by atoms with Crippen molar-refractivity contribution in [3.8, 4) is 0 Å². The summed E-state index contributed by atoms with van der Waals surface area (Å²) in [6, 6.07) is 3.01. The molecule has 1 amide bonds. The molecule has 0 saturated heterocycles. The molecular formula is C14H13Cl2N3OS. The van der Waals surface area contributed by atoms with Crippen LogP contribution in [0.4, 0.5) is 10.8 Å². The number of hydrogen-bond acceptors (Lipinski definition) is 4. The maximum atomic E-state index is 12.2. The summed E-state index contributed by atoms with van der Waals surface area (Å²) in [5.74, 6) is -0.287. The van der Waals surface area contributed by atoms with Crippen LogP contribution in [0.15, 0.2) is 12.1 Å². The third kappa shape index (κ3) is 3.00. The van der Waals surface area contributed by atoms with Crippen LogP contribution in [0.3, 0.4) is 0 Å². The number of nitrogens with one attached hydrogen (secondary N) is 1. The van der Waals surface area contributed by atoms with Gasteiger partial charge in [0.1, 0.15) is 0 Å². The third-order valence-corrected chi connectivity index (χ3v) is 5.11. The van der Waals surface area contributed by atoms with Gasteiger partial charge in [-0.3, -0.25) is 10.1 Å². The maximum absolute atomic E-state index is 12.2. The van der Waals surface area contributed by atoms with Crippen LogP contribution in [0, 0.1) is 0 Å². The maximum Gasteiger partial charge on any atom is 0.257 e. The first-order chi connectivity index (χ1) is 10.0. The van der Waals surface area contributed by atoms with Crippen LogP contribution in [0.1, 0.15) is 33.8 Å². The van der Waals surface area contributed by atoms with Gasteiger partial charge in [0.25, 0.3) is 5.91 Å². The predicted molar refractivity (Wildman–Crippen MR) is 87.6 cm³/mol. The van der Waals surface area contributed by atoms with E-state index in [1.165, 1.54) is 34.8 Å². The molecule has 0 spiro atoms. The lowest BCUT2D eigenvalue weighted by atomic mass is 10.0. The Morgan fingerprint density at radius 2 is 1.90 bits per heavy atom. The highest BCUT2D eigenvalue weighted by atomic mass is 35.5. The summed E-state index contributed by atoms with van der Waals surface area (Å²) >= 11 is 13.4. The van der Waals surface area contributed by atoms with Gasteiger partial charge in [0.15, 0.2) is 5.13 Å². The SMILES string of the molecule is Nc1c(Cl)cc(C(=O)Nc2nc3c(s2)CCCC3)cc1Cl. The van der Waals surface area contributed by atoms with Crippen molar-refractivity contribution in [2.75, 3.05) is 11.1 Å². The van der Waals surface area contributed by atoms with Gasteiger partial charge in [0.2, 0.25) is 0 Å². The van der Waals surface area contributed by atoms with E-state index < -0.39 is 0 Å². The normalized spacial score (nSPS) is 13.8. The number of hydrogen-bond donors (Lipinski definition) is 2. The number of aromatic nitrogens is 1. The van der Waals surface area contributed by atoms with Crippen LogP contribution in [0.5, 0.6) is 0 Å². The minimum Gasteiger partial charge on any atom is -0.396 e. The number of benzene rings is 1. The van der Waals surface area contributed by atoms with E-state index in [2.05, 4.69) is 10.3 Å². The molecule has 1 aliphatic carbocycles. The molecule has 1 heterocycles. The molecule has 0 unspecified atom stereocenters. The van der Waals surface area contributed by atoms with E-state index in [9.17, 15) is 4.79 Å². The molecule has 1 aromatic heterocycles. The lowest BCUT2D eigenvalue weighted by Gasteiger charge is -2.06. The summed E-state index contributed by atoms with van der Waals surface area (Å²) in [5.41, 5.74) is 7.42. The second kappa shape index (κ2) is 5.83. The molecule has 0 fully saturated rings. The zero-order chi connectivity index (χ0) is 15.0. The zero-order valence-corrected chi connectivity index (χ0v) is 13.4. The fourth-order valence-corrected chi connectivity index (χ4v) is 3.82. The van der Waals surface area contributed by atoms with E-state index in [0.29, 0.717) is 10.7 Å². The fourth-order valence-electron chi connectivity index (χ4n) is 2.29. The van der Waals surface area contributed by atoms with Crippen molar-refractivity contribution in [2.24, 2.45) is 0 Å². The largest absolute Gasteiger partial charge is 0.396 e. The molecule has 1 aliphatic rings. The highest BCUT2D eigenvalue weighted by molar-refractivity contribution is 7.15. The Balaban J connectivity index is 1.81. The lowest BCUT2D eigenvalue weighted by Crippen LogP contribution is -2.12. The summed E-state index contributed by atoms with van der Waals surface area (Å²) < 4.78 is 0. The first-order valence-corrected chi connectivity index (χ1v) is 8.16. The van der Waals surface area contributed by atoms with Crippen molar-refractivity contribution in [3.05, 3.63) is 38.3 Å². The van der Waals surface area contributed by atoms with Crippen molar-refractivity contribution < 1.29 is 4.79 Å². The Kier molecular flexibility index (Phi) is 4.06. The van der Waals surface area contributed by atoms with Gasteiger partial charge in [0.05, 0.1) is 21.4 Å². The van der Waals surface area contributed by atoms with Crippen LogP contribution in [-0.2, 0) is 12.8 Å². The summed E-state index contributed by atoms with van der Waals surface area (Å²) in [6.07, 6.45) is 4.38. The summed E-state index contributed by atoms with van der Waals surface area (Å²) in [5, 5.41) is 3.96. The van der Waals surface area contributed by atoms with E-state index in [-0.39, 0.29) is 21.6 Å². The molecular weight excluding hydrogens is 329 g/mol. The number of nitrogens with two attached hydrogens (primary N) is 1. The predicted octanol–water partition coefficient (Wildman–Crippen LogP) is 4.16. The summed E-state index contributed by atoms with van der Waals surface area (Å²) in [4.78, 5) is 18.0. The second-order valence-corrected chi connectivity index (χ2v) is 6.80. The smallest absolute Gasteiger partial charge is 0.257 e. The van der Waals surface area contributed by atoms with Crippen molar-refractivity contribution in [1.29, 1.82) is 0 Å². The molecule has 7 heteroatoms. The molecule has 3 N–H and O–H groups in total. The molecule has 3 rings (SSSR count). The molecule has 0 aliphatic heterocycles. The van der Waals surface area contributed by atoms with E-state index >= 15 is 0 Å². The molecule has 0 atom stereocenters. The molecule has 1 aromatic carbocycles. The third-order valence-electron chi connectivity index (χ3n) is 3.41. The van der Waals surface area contributed by atoms with Crippen LogP contribution in [0.2, 0.25) is 10.0 Å². The van der Waals surface area contributed by atoms with Crippen molar-refractivity contribution in [3.63, 3.8) is 0 Å². The highest BCUT2D eigenvalue weighted by Crippen LogP contribution is 2.31. The van der Waals surface area contributed by atoms with Crippen LogP contribution >= 0.6 is 34.5 Å². The first kappa shape index (κ1) is 14.6. The Bertz CT molecular complexity index is 668. The molecule has 4 nitrogen and oxygen atoms in total. The van der Waals surface area contributed by atoms with Crippen LogP contribution in [0.25, 0.3) is 0 Å². The summed E-state index contributed by atoms with van der Waals surface area (Å²) in [7, 11) is 0. The van der Waals surface area contributed by atoms with Gasteiger partial charge in [-0.2, -0.15) is 0 Å². The number of halogens is 2. The van der Waals surface area contributed by atoms with Crippen molar-refractivity contribution in [2.45, 2.75) is 25.7 Å². The number of aryl methyl sites for hydroxylation is 2. The highest BCUT2D eigenvalue weighted by Gasteiger charge is 2.17. The minimum absolute atomic E-state index is 0.270.